The highest BCUT2D eigenvalue weighted by Gasteiger charge is 2.09. The Labute approximate surface area is 95.0 Å². The van der Waals surface area contributed by atoms with Gasteiger partial charge in [0.25, 0.3) is 0 Å². The van der Waals surface area contributed by atoms with Crippen LogP contribution in [-0.4, -0.2) is 22.5 Å². The van der Waals surface area contributed by atoms with E-state index < -0.39 is 0 Å². The molecule has 2 heterocycles. The molecule has 2 aromatic rings. The van der Waals surface area contributed by atoms with E-state index in [0.717, 1.165) is 17.1 Å². The molecule has 2 aromatic heterocycles. The summed E-state index contributed by atoms with van der Waals surface area (Å²) < 4.78 is 7.54. The Kier molecular flexibility index (Phi) is 3.10. The predicted molar refractivity (Wildman–Crippen MR) is 63.8 cm³/mol. The van der Waals surface area contributed by atoms with Gasteiger partial charge < -0.3 is 14.9 Å². The Morgan fingerprint density at radius 3 is 3.00 bits per heavy atom. The third kappa shape index (κ3) is 2.02. The number of ether oxygens (including phenoxy) is 1. The molecular formula is C12H17N3O. The van der Waals surface area contributed by atoms with Crippen LogP contribution in [0.2, 0.25) is 0 Å². The molecule has 0 spiro atoms. The zero-order valence-corrected chi connectivity index (χ0v) is 9.68. The maximum absolute atomic E-state index is 5.55. The average Bonchev–Trinajstić information content (AvgIpc) is 2.70. The fraction of sp³-hybridized carbons (Fsp3) is 0.417. The van der Waals surface area contributed by atoms with Gasteiger partial charge in [0.1, 0.15) is 6.61 Å². The predicted octanol–water partition coefficient (Wildman–Crippen LogP) is 1.80. The van der Waals surface area contributed by atoms with E-state index in [1.165, 1.54) is 0 Å². The Hall–Kier alpha value is -1.55. The number of nitrogens with zero attached hydrogens (tertiary/aromatic N) is 2. The number of aromatic nitrogens is 2. The normalized spacial score (nSPS) is 11.2. The third-order valence-electron chi connectivity index (χ3n) is 2.43. The van der Waals surface area contributed by atoms with Crippen LogP contribution in [0.1, 0.15) is 25.5 Å². The first-order chi connectivity index (χ1) is 7.72. The number of hydrogen-bond acceptors (Lipinski definition) is 3. The van der Waals surface area contributed by atoms with E-state index in [0.29, 0.717) is 19.1 Å². The number of imidazole rings is 1. The molecule has 0 aromatic carbocycles. The Morgan fingerprint density at radius 2 is 2.31 bits per heavy atom. The summed E-state index contributed by atoms with van der Waals surface area (Å²) in [6.45, 7) is 5.28. The zero-order valence-electron chi connectivity index (χ0n) is 9.68. The van der Waals surface area contributed by atoms with Crippen molar-refractivity contribution in [2.45, 2.75) is 19.8 Å². The van der Waals surface area contributed by atoms with Crippen LogP contribution in [0.3, 0.4) is 0 Å². The number of nitrogens with two attached hydrogens (primary N) is 1. The Morgan fingerprint density at radius 1 is 1.50 bits per heavy atom. The molecule has 2 rings (SSSR count). The average molecular weight is 219 g/mol. The maximum atomic E-state index is 5.55. The van der Waals surface area contributed by atoms with Crippen molar-refractivity contribution in [2.24, 2.45) is 5.73 Å². The van der Waals surface area contributed by atoms with Crippen LogP contribution in [0.4, 0.5) is 0 Å². The van der Waals surface area contributed by atoms with Crippen LogP contribution < -0.4 is 10.5 Å². The molecule has 86 valence electrons. The maximum Gasteiger partial charge on any atom is 0.179 e. The molecule has 0 aliphatic heterocycles. The molecule has 0 amide bonds. The zero-order chi connectivity index (χ0) is 11.5. The lowest BCUT2D eigenvalue weighted by Gasteiger charge is -2.04. The van der Waals surface area contributed by atoms with Crippen LogP contribution >= 0.6 is 0 Å². The molecule has 0 saturated heterocycles. The smallest absolute Gasteiger partial charge is 0.179 e. The second-order valence-corrected chi connectivity index (χ2v) is 4.06. The minimum absolute atomic E-state index is 0.419. The topological polar surface area (TPSA) is 52.5 Å². The summed E-state index contributed by atoms with van der Waals surface area (Å²) in [6, 6.07) is 3.87. The van der Waals surface area contributed by atoms with Crippen molar-refractivity contribution in [1.29, 1.82) is 0 Å². The highest BCUT2D eigenvalue weighted by atomic mass is 16.5. The van der Waals surface area contributed by atoms with Crippen LogP contribution in [0.5, 0.6) is 5.75 Å². The van der Waals surface area contributed by atoms with E-state index in [4.69, 9.17) is 10.5 Å². The van der Waals surface area contributed by atoms with Crippen molar-refractivity contribution < 1.29 is 4.74 Å². The van der Waals surface area contributed by atoms with Gasteiger partial charge in [-0.1, -0.05) is 13.8 Å². The molecule has 0 unspecified atom stereocenters. The van der Waals surface area contributed by atoms with Gasteiger partial charge in [-0.05, 0) is 18.1 Å². The van der Waals surface area contributed by atoms with Crippen LogP contribution in [0.15, 0.2) is 24.5 Å². The van der Waals surface area contributed by atoms with Crippen molar-refractivity contribution >= 4 is 5.65 Å². The molecule has 0 bridgehead atoms. The molecule has 0 saturated carbocycles. The summed E-state index contributed by atoms with van der Waals surface area (Å²) in [4.78, 5) is 4.56. The van der Waals surface area contributed by atoms with E-state index in [9.17, 15) is 0 Å². The van der Waals surface area contributed by atoms with Crippen LogP contribution in [0, 0.1) is 0 Å². The second-order valence-electron chi connectivity index (χ2n) is 4.06. The van der Waals surface area contributed by atoms with E-state index in [2.05, 4.69) is 18.8 Å². The first kappa shape index (κ1) is 11.0. The van der Waals surface area contributed by atoms with Crippen molar-refractivity contribution in [1.82, 2.24) is 9.38 Å². The summed E-state index contributed by atoms with van der Waals surface area (Å²) in [5.41, 5.74) is 7.36. The van der Waals surface area contributed by atoms with Gasteiger partial charge in [0.15, 0.2) is 11.4 Å². The summed E-state index contributed by atoms with van der Waals surface area (Å²) >= 11 is 0. The lowest BCUT2D eigenvalue weighted by Crippen LogP contribution is -2.11. The molecule has 0 fully saturated rings. The van der Waals surface area contributed by atoms with Gasteiger partial charge in [-0.3, -0.25) is 0 Å². The minimum Gasteiger partial charge on any atom is -0.488 e. The quantitative estimate of drug-likeness (QED) is 0.853. The summed E-state index contributed by atoms with van der Waals surface area (Å²) in [5.74, 6) is 1.21. The van der Waals surface area contributed by atoms with Gasteiger partial charge in [0.05, 0.1) is 5.69 Å². The number of hydrogen-bond donors (Lipinski definition) is 1. The SMILES string of the molecule is CC(C)c1cn2cccc(OCCN)c2n1. The molecule has 4 nitrogen and oxygen atoms in total. The third-order valence-corrected chi connectivity index (χ3v) is 2.43. The summed E-state index contributed by atoms with van der Waals surface area (Å²) in [5, 5.41) is 0. The summed E-state index contributed by atoms with van der Waals surface area (Å²) in [6.07, 6.45) is 4.01. The Balaban J connectivity index is 2.41. The summed E-state index contributed by atoms with van der Waals surface area (Å²) in [7, 11) is 0. The molecule has 0 aliphatic carbocycles. The lowest BCUT2D eigenvalue weighted by atomic mass is 10.2. The molecule has 2 N–H and O–H groups in total. The minimum atomic E-state index is 0.419. The van der Waals surface area contributed by atoms with Crippen molar-refractivity contribution in [3.05, 3.63) is 30.2 Å². The highest BCUT2D eigenvalue weighted by molar-refractivity contribution is 5.54. The van der Waals surface area contributed by atoms with Gasteiger partial charge in [0, 0.05) is 18.9 Å². The first-order valence-corrected chi connectivity index (χ1v) is 5.53. The van der Waals surface area contributed by atoms with E-state index in [1.54, 1.807) is 0 Å². The molecule has 0 radical (unpaired) electrons. The van der Waals surface area contributed by atoms with Crippen molar-refractivity contribution in [2.75, 3.05) is 13.2 Å². The second kappa shape index (κ2) is 4.53. The van der Waals surface area contributed by atoms with Crippen LogP contribution in [0.25, 0.3) is 5.65 Å². The highest BCUT2D eigenvalue weighted by Crippen LogP contribution is 2.21. The first-order valence-electron chi connectivity index (χ1n) is 5.53. The number of rotatable bonds is 4. The van der Waals surface area contributed by atoms with E-state index >= 15 is 0 Å². The van der Waals surface area contributed by atoms with Crippen molar-refractivity contribution in [3.63, 3.8) is 0 Å². The van der Waals surface area contributed by atoms with Gasteiger partial charge in [-0.2, -0.15) is 0 Å². The Bertz CT molecular complexity index is 476. The van der Waals surface area contributed by atoms with Crippen LogP contribution in [-0.2, 0) is 0 Å². The molecule has 0 atom stereocenters. The van der Waals surface area contributed by atoms with Crippen molar-refractivity contribution in [3.8, 4) is 5.75 Å². The molecule has 0 aliphatic rings. The number of pyridine rings is 1. The van der Waals surface area contributed by atoms with E-state index in [1.807, 2.05) is 28.9 Å². The monoisotopic (exact) mass is 219 g/mol. The fourth-order valence-electron chi connectivity index (χ4n) is 1.57. The number of fused-ring (bicyclic) bond motifs is 1. The van der Waals surface area contributed by atoms with Gasteiger partial charge in [-0.15, -0.1) is 0 Å². The fourth-order valence-corrected chi connectivity index (χ4v) is 1.57. The molecule has 4 heteroatoms. The van der Waals surface area contributed by atoms with Gasteiger partial charge in [0.2, 0.25) is 0 Å². The van der Waals surface area contributed by atoms with Gasteiger partial charge >= 0.3 is 0 Å². The van der Waals surface area contributed by atoms with E-state index in [-0.39, 0.29) is 0 Å². The molecule has 16 heavy (non-hydrogen) atoms. The lowest BCUT2D eigenvalue weighted by molar-refractivity contribution is 0.330. The largest absolute Gasteiger partial charge is 0.488 e. The molecular weight excluding hydrogens is 202 g/mol. The standard InChI is InChI=1S/C12H17N3O/c1-9(2)10-8-15-6-3-4-11(12(15)14-10)16-7-5-13/h3-4,6,8-9H,5,7,13H2,1-2H3. The van der Waals surface area contributed by atoms with Gasteiger partial charge in [-0.25, -0.2) is 4.98 Å².